The average molecular weight is 947 g/mol. The number of hydrogen-bond donors (Lipinski definition) is 3. The first kappa shape index (κ1) is 53.9. The molecule has 66 heavy (non-hydrogen) atoms. The van der Waals surface area contributed by atoms with Gasteiger partial charge in [0, 0.05) is 57.1 Å². The van der Waals surface area contributed by atoms with Gasteiger partial charge in [0.15, 0.2) is 0 Å². The maximum absolute atomic E-state index is 14.5. The molecule has 1 aromatic carbocycles. The highest BCUT2D eigenvalue weighted by Gasteiger charge is 2.56. The van der Waals surface area contributed by atoms with Gasteiger partial charge in [-0.05, 0) is 113 Å². The van der Waals surface area contributed by atoms with E-state index in [4.69, 9.17) is 40.0 Å². The number of ether oxygens (including phenoxy) is 6. The Morgan fingerprint density at radius 3 is 2.32 bits per heavy atom. The molecule has 3 aliphatic heterocycles. The number of benzene rings is 1. The highest BCUT2D eigenvalue weighted by molar-refractivity contribution is 6.39. The number of allylic oxidation sites excluding steroid dienone is 3. The molecule has 1 aliphatic carbocycles. The van der Waals surface area contributed by atoms with Crippen LogP contribution < -0.4 is 0 Å². The third kappa shape index (κ3) is 13.2. The summed E-state index contributed by atoms with van der Waals surface area (Å²) in [4.78, 5) is 58.4. The van der Waals surface area contributed by atoms with Crippen LogP contribution in [0.3, 0.4) is 0 Å². The van der Waals surface area contributed by atoms with Crippen molar-refractivity contribution < 1.29 is 62.9 Å². The normalized spacial score (nSPS) is 37.5. The van der Waals surface area contributed by atoms with E-state index in [0.717, 1.165) is 5.57 Å². The molecule has 3 heterocycles. The molecule has 3 fully saturated rings. The minimum Gasteiger partial charge on any atom is -0.456 e. The number of methoxy groups -OCH3 is 3. The Morgan fingerprint density at radius 1 is 0.955 bits per heavy atom. The van der Waals surface area contributed by atoms with Crippen LogP contribution in [0, 0.1) is 29.6 Å². The smallest absolute Gasteiger partial charge is 0.329 e. The molecule has 2 bridgehead atoms. The van der Waals surface area contributed by atoms with Crippen LogP contribution in [-0.4, -0.2) is 133 Å². The second kappa shape index (κ2) is 24.5. The molecule has 15 unspecified atom stereocenters. The lowest BCUT2D eigenvalue weighted by molar-refractivity contribution is -0.302. The number of amides is 1. The number of rotatable bonds is 10. The third-order valence-corrected chi connectivity index (χ3v) is 14.8. The Labute approximate surface area is 396 Å². The summed E-state index contributed by atoms with van der Waals surface area (Å²) in [5.41, 5.74) is 2.29. The molecular formula is C51H76ClNO13. The van der Waals surface area contributed by atoms with Crippen LogP contribution in [0.15, 0.2) is 47.6 Å². The van der Waals surface area contributed by atoms with Gasteiger partial charge in [0.25, 0.3) is 11.7 Å². The van der Waals surface area contributed by atoms with E-state index in [1.165, 1.54) is 19.1 Å². The van der Waals surface area contributed by atoms with Crippen molar-refractivity contribution in [2.45, 2.75) is 173 Å². The minimum absolute atomic E-state index is 0.0200. The molecule has 0 spiro atoms. The summed E-state index contributed by atoms with van der Waals surface area (Å²) in [6.07, 6.45) is 3.09. The summed E-state index contributed by atoms with van der Waals surface area (Å²) in [6.45, 7) is 11.3. The summed E-state index contributed by atoms with van der Waals surface area (Å²) < 4.78 is 36.5. The first-order valence-corrected chi connectivity index (χ1v) is 24.4. The lowest BCUT2D eigenvalue weighted by Gasteiger charge is -2.47. The number of Topliss-reactive ketones (excluding diaryl/α,β-unsaturated/α-hetero) is 2. The first-order valence-electron chi connectivity index (χ1n) is 24.0. The van der Waals surface area contributed by atoms with E-state index in [2.05, 4.69) is 6.92 Å². The van der Waals surface area contributed by atoms with Gasteiger partial charge in [-0.2, -0.15) is 0 Å². The number of aliphatic hydroxyl groups excluding tert-OH is 2. The van der Waals surface area contributed by atoms with E-state index in [0.29, 0.717) is 67.5 Å². The van der Waals surface area contributed by atoms with Crippen LogP contribution in [-0.2, 0) is 47.6 Å². The fourth-order valence-electron chi connectivity index (χ4n) is 10.6. The van der Waals surface area contributed by atoms with Crippen LogP contribution in [0.5, 0.6) is 0 Å². The van der Waals surface area contributed by atoms with Gasteiger partial charge >= 0.3 is 5.97 Å². The summed E-state index contributed by atoms with van der Waals surface area (Å²) in [5.74, 6) is -7.69. The van der Waals surface area contributed by atoms with Crippen LogP contribution in [0.1, 0.15) is 124 Å². The zero-order valence-electron chi connectivity index (χ0n) is 40.5. The molecule has 2 saturated heterocycles. The molecule has 15 heteroatoms. The Bertz CT molecular complexity index is 1870. The van der Waals surface area contributed by atoms with Gasteiger partial charge in [-0.1, -0.05) is 69.2 Å². The number of carbonyl (C=O) groups excluding carboxylic acids is 4. The number of esters is 1. The van der Waals surface area contributed by atoms with Crippen LogP contribution in [0.4, 0.5) is 0 Å². The topological polar surface area (TPSA) is 188 Å². The molecule has 15 atom stereocenters. The SMILES string of the molecule is CCC1/C=C(\C)CC(C)CC(OC)C2OC(O)(C(=O)C(=O)N3CCCCC3C(=O)OC(C(C)=CC3CCC(OCC(O)c4cccc(Cl)c4)C(OC)C3)C(C)C(O)CC1=O)C(C)CC2OC. The van der Waals surface area contributed by atoms with E-state index >= 15 is 0 Å². The van der Waals surface area contributed by atoms with Gasteiger partial charge in [-0.25, -0.2) is 4.79 Å². The number of ketones is 2. The number of halogens is 1. The summed E-state index contributed by atoms with van der Waals surface area (Å²) in [6, 6.07) is 5.86. The number of piperidine rings is 1. The van der Waals surface area contributed by atoms with Gasteiger partial charge in [-0.3, -0.25) is 14.4 Å². The van der Waals surface area contributed by atoms with Gasteiger partial charge in [0.1, 0.15) is 30.1 Å². The molecule has 370 valence electrons. The fourth-order valence-corrected chi connectivity index (χ4v) is 10.8. The minimum atomic E-state index is -2.52. The second-order valence-corrected chi connectivity index (χ2v) is 20.0. The Kier molecular flexibility index (Phi) is 20.0. The largest absolute Gasteiger partial charge is 0.456 e. The van der Waals surface area contributed by atoms with Crippen LogP contribution in [0.2, 0.25) is 5.02 Å². The predicted molar refractivity (Wildman–Crippen MR) is 248 cm³/mol. The Balaban J connectivity index is 1.45. The number of fused-ring (bicyclic) bond motifs is 3. The number of carbonyl (C=O) groups is 4. The van der Waals surface area contributed by atoms with Crippen molar-refractivity contribution in [1.29, 1.82) is 0 Å². The lowest BCUT2D eigenvalue weighted by atomic mass is 9.81. The van der Waals surface area contributed by atoms with Crippen molar-refractivity contribution >= 4 is 35.0 Å². The second-order valence-electron chi connectivity index (χ2n) is 19.5. The van der Waals surface area contributed by atoms with Crippen molar-refractivity contribution in [2.24, 2.45) is 29.6 Å². The molecule has 1 amide bonds. The Morgan fingerprint density at radius 2 is 1.65 bits per heavy atom. The monoisotopic (exact) mass is 946 g/mol. The van der Waals surface area contributed by atoms with Crippen molar-refractivity contribution in [2.75, 3.05) is 34.5 Å². The molecule has 14 nitrogen and oxygen atoms in total. The van der Waals surface area contributed by atoms with Crippen LogP contribution in [0.25, 0.3) is 0 Å². The molecule has 5 rings (SSSR count). The summed E-state index contributed by atoms with van der Waals surface area (Å²) in [7, 11) is 4.68. The van der Waals surface area contributed by atoms with Crippen molar-refractivity contribution in [3.05, 3.63) is 58.1 Å². The molecule has 0 aromatic heterocycles. The van der Waals surface area contributed by atoms with Crippen molar-refractivity contribution in [3.8, 4) is 0 Å². The third-order valence-electron chi connectivity index (χ3n) is 14.6. The summed E-state index contributed by atoms with van der Waals surface area (Å²) in [5, 5.41) is 35.3. The first-order chi connectivity index (χ1) is 31.3. The highest BCUT2D eigenvalue weighted by Crippen LogP contribution is 2.39. The zero-order chi connectivity index (χ0) is 48.5. The average Bonchev–Trinajstić information content (AvgIpc) is 3.30. The standard InChI is InChI=1S/C51H76ClNO13/c1-10-35-21-29(2)20-30(3)22-44(62-8)47-45(63-9)24-32(5)51(60,66-47)48(57)49(58)53-19-12-11-16-38(53)50(59)65-46(33(6)39(54)27-40(35)55)31(4)23-34-17-18-42(43(25-34)61-7)64-28-41(56)36-14-13-15-37(52)26-36/h13-15,21,23,26,30,32-35,38-39,41-47,54,56,60H,10-12,16-20,22,24-25,27-28H2,1-9H3/b29-21+,31-23?. The predicted octanol–water partition coefficient (Wildman–Crippen LogP) is 6.88. The van der Waals surface area contributed by atoms with E-state index in [9.17, 15) is 34.5 Å². The molecule has 0 radical (unpaired) electrons. The number of hydrogen-bond acceptors (Lipinski definition) is 13. The van der Waals surface area contributed by atoms with E-state index in [1.54, 1.807) is 45.2 Å². The number of aliphatic hydroxyl groups is 3. The maximum atomic E-state index is 14.5. The van der Waals surface area contributed by atoms with E-state index in [-0.39, 0.29) is 62.2 Å². The van der Waals surface area contributed by atoms with Crippen molar-refractivity contribution in [1.82, 2.24) is 4.90 Å². The van der Waals surface area contributed by atoms with Crippen LogP contribution >= 0.6 is 11.6 Å². The van der Waals surface area contributed by atoms with Gasteiger partial charge in [-0.15, -0.1) is 0 Å². The van der Waals surface area contributed by atoms with Gasteiger partial charge in [0.05, 0.1) is 37.1 Å². The lowest BCUT2D eigenvalue weighted by Crippen LogP contribution is -2.64. The molecular weight excluding hydrogens is 870 g/mol. The number of cyclic esters (lactones) is 1. The maximum Gasteiger partial charge on any atom is 0.329 e. The molecule has 1 aromatic rings. The van der Waals surface area contributed by atoms with Crippen molar-refractivity contribution in [3.63, 3.8) is 0 Å². The molecule has 1 saturated carbocycles. The highest BCUT2D eigenvalue weighted by atomic mass is 35.5. The van der Waals surface area contributed by atoms with E-state index < -0.39 is 83.9 Å². The molecule has 4 aliphatic rings. The molecule has 3 N–H and O–H groups in total. The van der Waals surface area contributed by atoms with E-state index in [1.807, 2.05) is 32.9 Å². The van der Waals surface area contributed by atoms with Gasteiger partial charge < -0.3 is 48.6 Å². The van der Waals surface area contributed by atoms with Gasteiger partial charge in [0.2, 0.25) is 5.79 Å². The fraction of sp³-hybridized carbons (Fsp3) is 0.725. The quantitative estimate of drug-likeness (QED) is 0.125. The summed E-state index contributed by atoms with van der Waals surface area (Å²) >= 11 is 6.14. The zero-order valence-corrected chi connectivity index (χ0v) is 41.2. The Hall–Kier alpha value is -3.05. The number of nitrogens with zero attached hydrogens (tertiary/aromatic N) is 1.